The maximum Gasteiger partial charge on any atom is 0.274 e. The molecule has 2 aromatic rings. The van der Waals surface area contributed by atoms with Gasteiger partial charge >= 0.3 is 0 Å². The van der Waals surface area contributed by atoms with E-state index in [1.807, 2.05) is 17.0 Å². The number of carbonyl (C=O) groups excluding carboxylic acids is 2. The van der Waals surface area contributed by atoms with Crippen molar-refractivity contribution in [3.05, 3.63) is 47.2 Å². The maximum atomic E-state index is 13.2. The molecule has 1 atom stereocenters. The first kappa shape index (κ1) is 22.6. The van der Waals surface area contributed by atoms with Crippen LogP contribution >= 0.6 is 11.6 Å². The highest BCUT2D eigenvalue weighted by Crippen LogP contribution is 2.36. The predicted octanol–water partition coefficient (Wildman–Crippen LogP) is 2.62. The van der Waals surface area contributed by atoms with Crippen LogP contribution in [-0.2, 0) is 16.6 Å². The molecule has 2 fully saturated rings. The van der Waals surface area contributed by atoms with Crippen molar-refractivity contribution in [2.45, 2.75) is 19.3 Å². The molecule has 2 aliphatic heterocycles. The smallest absolute Gasteiger partial charge is 0.274 e. The Morgan fingerprint density at radius 1 is 1.19 bits per heavy atom. The van der Waals surface area contributed by atoms with Crippen molar-refractivity contribution < 1.29 is 19.1 Å². The van der Waals surface area contributed by atoms with E-state index in [0.717, 1.165) is 12.8 Å². The van der Waals surface area contributed by atoms with Crippen molar-refractivity contribution in [2.24, 2.45) is 12.5 Å². The van der Waals surface area contributed by atoms with Crippen molar-refractivity contribution in [2.75, 3.05) is 46.0 Å². The zero-order valence-corrected chi connectivity index (χ0v) is 19.1. The molecule has 1 aromatic heterocycles. The summed E-state index contributed by atoms with van der Waals surface area (Å²) in [7, 11) is 1.79. The fourth-order valence-electron chi connectivity index (χ4n) is 4.42. The van der Waals surface area contributed by atoms with Crippen molar-refractivity contribution >= 4 is 23.4 Å². The minimum Gasteiger partial charge on any atom is -0.493 e. The van der Waals surface area contributed by atoms with Gasteiger partial charge in [0.15, 0.2) is 0 Å². The Morgan fingerprint density at radius 3 is 2.72 bits per heavy atom. The minimum atomic E-state index is -0.486. The molecule has 1 unspecified atom stereocenters. The number of carbonyl (C=O) groups is 2. The van der Waals surface area contributed by atoms with Gasteiger partial charge in [-0.1, -0.05) is 17.7 Å². The van der Waals surface area contributed by atoms with Gasteiger partial charge in [0.25, 0.3) is 5.91 Å². The Balaban J connectivity index is 1.52. The SMILES string of the molecule is Cn1ccc(C(=O)N2CCCC(COc3cccc(Cl)c3)(CC(=O)N3CCOCC3)C2)n1. The van der Waals surface area contributed by atoms with Crippen LogP contribution in [0.5, 0.6) is 5.75 Å². The standard InChI is InChI=1S/C23H29ClN4O4/c1-26-9-6-20(25-26)22(30)28-8-3-7-23(16-28,15-21(29)27-10-12-31-13-11-27)17-32-19-5-2-4-18(24)14-19/h2,4-6,9,14H,3,7-8,10-13,15-17H2,1H3. The molecule has 0 radical (unpaired) electrons. The number of aryl methyl sites for hydroxylation is 1. The number of rotatable bonds is 6. The van der Waals surface area contributed by atoms with Crippen molar-refractivity contribution in [3.63, 3.8) is 0 Å². The van der Waals surface area contributed by atoms with E-state index in [2.05, 4.69) is 5.10 Å². The number of halogens is 1. The third kappa shape index (κ3) is 5.42. The number of hydrogen-bond acceptors (Lipinski definition) is 5. The maximum absolute atomic E-state index is 13.2. The van der Waals surface area contributed by atoms with E-state index >= 15 is 0 Å². The first-order valence-electron chi connectivity index (χ1n) is 11.0. The Hall–Kier alpha value is -2.58. The number of benzene rings is 1. The molecule has 0 saturated carbocycles. The molecular weight excluding hydrogens is 432 g/mol. The summed E-state index contributed by atoms with van der Waals surface area (Å²) in [5, 5.41) is 4.86. The molecule has 1 aromatic carbocycles. The van der Waals surface area contributed by atoms with Crippen LogP contribution in [0.15, 0.2) is 36.5 Å². The summed E-state index contributed by atoms with van der Waals surface area (Å²) in [4.78, 5) is 29.9. The topological polar surface area (TPSA) is 76.9 Å². The number of likely N-dealkylation sites (tertiary alicyclic amines) is 1. The molecule has 0 N–H and O–H groups in total. The van der Waals surface area contributed by atoms with E-state index in [0.29, 0.717) is 68.9 Å². The zero-order valence-electron chi connectivity index (χ0n) is 18.3. The van der Waals surface area contributed by atoms with Crippen LogP contribution in [-0.4, -0.2) is 77.4 Å². The molecule has 172 valence electrons. The Labute approximate surface area is 193 Å². The molecule has 0 bridgehead atoms. The summed E-state index contributed by atoms with van der Waals surface area (Å²) in [5.41, 5.74) is -0.0704. The second-order valence-corrected chi connectivity index (χ2v) is 9.06. The van der Waals surface area contributed by atoms with Crippen LogP contribution in [0.1, 0.15) is 29.8 Å². The third-order valence-corrected chi connectivity index (χ3v) is 6.35. The number of hydrogen-bond donors (Lipinski definition) is 0. The molecule has 0 spiro atoms. The van der Waals surface area contributed by atoms with Gasteiger partial charge in [-0.15, -0.1) is 0 Å². The zero-order chi connectivity index (χ0) is 22.6. The van der Waals surface area contributed by atoms with Crippen LogP contribution in [0.3, 0.4) is 0 Å². The van der Waals surface area contributed by atoms with Crippen LogP contribution in [0.4, 0.5) is 0 Å². The lowest BCUT2D eigenvalue weighted by atomic mass is 9.77. The van der Waals surface area contributed by atoms with Gasteiger partial charge in [-0.25, -0.2) is 0 Å². The Morgan fingerprint density at radius 2 is 2.00 bits per heavy atom. The number of aromatic nitrogens is 2. The molecular formula is C23H29ClN4O4. The van der Waals surface area contributed by atoms with E-state index in [1.54, 1.807) is 41.0 Å². The normalized spacial score (nSPS) is 21.4. The quantitative estimate of drug-likeness (QED) is 0.662. The summed E-state index contributed by atoms with van der Waals surface area (Å²) in [5.74, 6) is 0.621. The number of ether oxygens (including phenoxy) is 2. The predicted molar refractivity (Wildman–Crippen MR) is 120 cm³/mol. The Bertz CT molecular complexity index is 959. The van der Waals surface area contributed by atoms with E-state index in [9.17, 15) is 9.59 Å². The average Bonchev–Trinajstić information content (AvgIpc) is 3.24. The highest BCUT2D eigenvalue weighted by Gasteiger charge is 2.41. The number of morpholine rings is 1. The van der Waals surface area contributed by atoms with Crippen molar-refractivity contribution in [3.8, 4) is 5.75 Å². The Kier molecular flexibility index (Phi) is 7.01. The van der Waals surface area contributed by atoms with Crippen LogP contribution < -0.4 is 4.74 Å². The van der Waals surface area contributed by atoms with E-state index in [1.165, 1.54) is 0 Å². The van der Waals surface area contributed by atoms with E-state index in [-0.39, 0.29) is 11.8 Å². The molecule has 0 aliphatic carbocycles. The number of piperidine rings is 1. The van der Waals surface area contributed by atoms with E-state index < -0.39 is 5.41 Å². The van der Waals surface area contributed by atoms with Gasteiger partial charge < -0.3 is 19.3 Å². The second-order valence-electron chi connectivity index (χ2n) is 8.62. The van der Waals surface area contributed by atoms with Gasteiger partial charge in [0.1, 0.15) is 11.4 Å². The number of nitrogens with zero attached hydrogens (tertiary/aromatic N) is 4. The molecule has 8 nitrogen and oxygen atoms in total. The van der Waals surface area contributed by atoms with Gasteiger partial charge in [-0.2, -0.15) is 5.10 Å². The average molecular weight is 461 g/mol. The van der Waals surface area contributed by atoms with E-state index in [4.69, 9.17) is 21.1 Å². The van der Waals surface area contributed by atoms with Gasteiger partial charge in [0.2, 0.25) is 5.91 Å². The molecule has 2 amide bonds. The van der Waals surface area contributed by atoms with Gasteiger partial charge in [-0.3, -0.25) is 14.3 Å². The molecule has 4 rings (SSSR count). The molecule has 9 heteroatoms. The highest BCUT2D eigenvalue weighted by molar-refractivity contribution is 6.30. The summed E-state index contributed by atoms with van der Waals surface area (Å²) < 4.78 is 13.1. The molecule has 32 heavy (non-hydrogen) atoms. The third-order valence-electron chi connectivity index (χ3n) is 6.11. The first-order valence-corrected chi connectivity index (χ1v) is 11.3. The lowest BCUT2D eigenvalue weighted by molar-refractivity contribution is -0.139. The first-order chi connectivity index (χ1) is 15.4. The summed E-state index contributed by atoms with van der Waals surface area (Å²) in [6.45, 7) is 3.72. The van der Waals surface area contributed by atoms with Gasteiger partial charge in [0.05, 0.1) is 19.8 Å². The largest absolute Gasteiger partial charge is 0.493 e. The van der Waals surface area contributed by atoms with Crippen molar-refractivity contribution in [1.82, 2.24) is 19.6 Å². The second kappa shape index (κ2) is 9.92. The van der Waals surface area contributed by atoms with Gasteiger partial charge in [-0.05, 0) is 37.1 Å². The van der Waals surface area contributed by atoms with Crippen LogP contribution in [0.25, 0.3) is 0 Å². The summed E-state index contributed by atoms with van der Waals surface area (Å²) in [6, 6.07) is 8.96. The highest BCUT2D eigenvalue weighted by atomic mass is 35.5. The van der Waals surface area contributed by atoms with Crippen LogP contribution in [0, 0.1) is 5.41 Å². The number of amides is 2. The fourth-order valence-corrected chi connectivity index (χ4v) is 4.60. The molecule has 2 saturated heterocycles. The summed E-state index contributed by atoms with van der Waals surface area (Å²) >= 11 is 6.11. The van der Waals surface area contributed by atoms with Gasteiger partial charge in [0, 0.05) is 56.3 Å². The minimum absolute atomic E-state index is 0.0788. The summed E-state index contributed by atoms with van der Waals surface area (Å²) in [6.07, 6.45) is 3.68. The molecule has 2 aliphatic rings. The lowest BCUT2D eigenvalue weighted by Gasteiger charge is -2.43. The fraction of sp³-hybridized carbons (Fsp3) is 0.522. The monoisotopic (exact) mass is 460 g/mol. The van der Waals surface area contributed by atoms with Crippen molar-refractivity contribution in [1.29, 1.82) is 0 Å². The van der Waals surface area contributed by atoms with Crippen LogP contribution in [0.2, 0.25) is 5.02 Å². The lowest BCUT2D eigenvalue weighted by Crippen LogP contribution is -2.52. The molecule has 3 heterocycles.